The van der Waals surface area contributed by atoms with Gasteiger partial charge in [-0.3, -0.25) is 9.78 Å². The molecule has 0 atom stereocenters. The minimum absolute atomic E-state index is 0.336. The Morgan fingerprint density at radius 3 is 2.45 bits per heavy atom. The van der Waals surface area contributed by atoms with Crippen LogP contribution in [0, 0.1) is 0 Å². The lowest BCUT2D eigenvalue weighted by Crippen LogP contribution is -2.20. The molecular weight excluding hydrogens is 313 g/mol. The van der Waals surface area contributed by atoms with E-state index in [9.17, 15) is 26.7 Å². The van der Waals surface area contributed by atoms with Gasteiger partial charge in [-0.15, -0.1) is 24.8 Å². The minimum atomic E-state index is -5.18. The zero-order chi connectivity index (χ0) is 15.5. The molecule has 0 saturated heterocycles. The van der Waals surface area contributed by atoms with Gasteiger partial charge in [-0.2, -0.15) is 0 Å². The molecule has 1 N–H and O–H groups in total. The summed E-state index contributed by atoms with van der Waals surface area (Å²) in [6, 6.07) is 0. The zero-order valence-electron chi connectivity index (χ0n) is 9.55. The normalized spacial score (nSPS) is 11.8. The quantitative estimate of drug-likeness (QED) is 0.668. The van der Waals surface area contributed by atoms with Gasteiger partial charge in [0, 0.05) is 11.4 Å². The number of alkyl halides is 6. The Kier molecular flexibility index (Phi) is 5.09. The Labute approximate surface area is 114 Å². The molecule has 20 heavy (non-hydrogen) atoms. The number of hydrogen-bond donors (Lipinski definition) is 1. The first-order valence-corrected chi connectivity index (χ1v) is 5.51. The fourth-order valence-electron chi connectivity index (χ4n) is 1.48. The summed E-state index contributed by atoms with van der Waals surface area (Å²) < 4.78 is 65.5. The summed E-state index contributed by atoms with van der Waals surface area (Å²) in [5.74, 6) is -3.20. The van der Waals surface area contributed by atoms with Crippen LogP contribution in [0.15, 0.2) is 6.20 Å². The predicted molar refractivity (Wildman–Crippen MR) is 56.8 cm³/mol. The maximum absolute atomic E-state index is 12.9. The van der Waals surface area contributed by atoms with Crippen LogP contribution >= 0.6 is 11.6 Å². The maximum Gasteiger partial charge on any atom is 0.573 e. The third-order valence-electron chi connectivity index (χ3n) is 2.17. The molecule has 0 aliphatic heterocycles. The monoisotopic (exact) mass is 319 g/mol. The van der Waals surface area contributed by atoms with Crippen molar-refractivity contribution in [3.63, 3.8) is 0 Å². The summed E-state index contributed by atoms with van der Waals surface area (Å²) in [5, 5.41) is 8.59. The molecule has 0 bridgehead atoms. The van der Waals surface area contributed by atoms with Gasteiger partial charge in [0.15, 0.2) is 5.75 Å². The highest BCUT2D eigenvalue weighted by molar-refractivity contribution is 6.17. The van der Waals surface area contributed by atoms with Crippen LogP contribution in [0.1, 0.15) is 23.2 Å². The highest BCUT2D eigenvalue weighted by Gasteiger charge is 2.35. The summed E-state index contributed by atoms with van der Waals surface area (Å²) >= 11 is 5.40. The smallest absolute Gasteiger partial charge is 0.481 e. The Bertz CT molecular complexity index is 506. The van der Waals surface area contributed by atoms with Gasteiger partial charge in [0.25, 0.3) is 6.43 Å². The first-order chi connectivity index (χ1) is 9.15. The average molecular weight is 320 g/mol. The summed E-state index contributed by atoms with van der Waals surface area (Å²) in [4.78, 5) is 13.9. The molecule has 112 valence electrons. The molecule has 0 spiro atoms. The fourth-order valence-corrected chi connectivity index (χ4v) is 1.78. The second kappa shape index (κ2) is 6.21. The van der Waals surface area contributed by atoms with E-state index in [-0.39, 0.29) is 5.69 Å². The van der Waals surface area contributed by atoms with Crippen LogP contribution in [0.3, 0.4) is 0 Å². The van der Waals surface area contributed by atoms with Gasteiger partial charge >= 0.3 is 12.3 Å². The Morgan fingerprint density at radius 2 is 2.05 bits per heavy atom. The molecule has 0 saturated carbocycles. The van der Waals surface area contributed by atoms with E-state index in [2.05, 4.69) is 9.72 Å². The van der Waals surface area contributed by atoms with Gasteiger partial charge < -0.3 is 9.84 Å². The predicted octanol–water partition coefficient (Wildman–Crippen LogP) is 3.28. The molecule has 0 aromatic carbocycles. The fraction of sp³-hybridized carbons (Fsp3) is 0.400. The lowest BCUT2D eigenvalue weighted by Gasteiger charge is -2.17. The third-order valence-corrected chi connectivity index (χ3v) is 2.44. The summed E-state index contributed by atoms with van der Waals surface area (Å²) in [6.45, 7) is 0. The molecule has 0 aliphatic carbocycles. The highest BCUT2D eigenvalue weighted by Crippen LogP contribution is 2.36. The summed E-state index contributed by atoms with van der Waals surface area (Å²) in [5.41, 5.74) is -1.92. The number of hydrogen-bond acceptors (Lipinski definition) is 3. The van der Waals surface area contributed by atoms with E-state index >= 15 is 0 Å². The molecule has 4 nitrogen and oxygen atoms in total. The van der Waals surface area contributed by atoms with Gasteiger partial charge in [0.05, 0.1) is 23.9 Å². The average Bonchev–Trinajstić information content (AvgIpc) is 2.27. The maximum atomic E-state index is 12.9. The van der Waals surface area contributed by atoms with Crippen molar-refractivity contribution in [2.75, 3.05) is 0 Å². The molecule has 10 heteroatoms. The van der Waals surface area contributed by atoms with Crippen molar-refractivity contribution in [1.29, 1.82) is 0 Å². The van der Waals surface area contributed by atoms with E-state index in [4.69, 9.17) is 16.7 Å². The first kappa shape index (κ1) is 16.4. The lowest BCUT2D eigenvalue weighted by molar-refractivity contribution is -0.275. The van der Waals surface area contributed by atoms with Gasteiger partial charge in [0.1, 0.15) is 0 Å². The number of aliphatic carboxylic acids is 1. The number of nitrogens with zero attached hydrogens (tertiary/aromatic N) is 1. The second-order valence-electron chi connectivity index (χ2n) is 3.51. The Hall–Kier alpha value is -1.64. The largest absolute Gasteiger partial charge is 0.573 e. The van der Waals surface area contributed by atoms with Crippen molar-refractivity contribution in [1.82, 2.24) is 4.98 Å². The number of pyridine rings is 1. The number of aromatic nitrogens is 1. The van der Waals surface area contributed by atoms with Crippen molar-refractivity contribution in [2.45, 2.75) is 25.1 Å². The molecule has 1 heterocycles. The number of ether oxygens (including phenoxy) is 1. The molecule has 1 rings (SSSR count). The van der Waals surface area contributed by atoms with E-state index in [0.717, 1.165) is 0 Å². The Morgan fingerprint density at radius 1 is 1.45 bits per heavy atom. The van der Waals surface area contributed by atoms with E-state index in [1.165, 1.54) is 0 Å². The molecular formula is C10H7ClF5NO3. The van der Waals surface area contributed by atoms with Crippen LogP contribution in [0.5, 0.6) is 5.75 Å². The molecule has 0 fully saturated rings. The molecule has 0 amide bonds. The molecule has 0 radical (unpaired) electrons. The number of carboxylic acid groups (broad SMARTS) is 1. The van der Waals surface area contributed by atoms with Crippen LogP contribution in [-0.4, -0.2) is 22.4 Å². The first-order valence-electron chi connectivity index (χ1n) is 4.98. The topological polar surface area (TPSA) is 59.4 Å². The van der Waals surface area contributed by atoms with Crippen LogP contribution < -0.4 is 4.74 Å². The van der Waals surface area contributed by atoms with Crippen molar-refractivity contribution in [2.24, 2.45) is 0 Å². The standard InChI is InChI=1S/C10H7ClF5NO3/c11-2-4-5(1-7(18)19)17-3-6(8(4)9(12)13)20-10(14,15)16/h3,9H,1-2H2,(H,18,19). The van der Waals surface area contributed by atoms with Crippen molar-refractivity contribution in [3.05, 3.63) is 23.0 Å². The lowest BCUT2D eigenvalue weighted by atomic mass is 10.1. The van der Waals surface area contributed by atoms with Gasteiger partial charge in [-0.05, 0) is 0 Å². The number of halogens is 6. The van der Waals surface area contributed by atoms with E-state index in [1.54, 1.807) is 0 Å². The molecule has 0 aliphatic rings. The highest BCUT2D eigenvalue weighted by atomic mass is 35.5. The minimum Gasteiger partial charge on any atom is -0.481 e. The van der Waals surface area contributed by atoms with Crippen molar-refractivity contribution in [3.8, 4) is 5.75 Å². The van der Waals surface area contributed by atoms with Crippen LogP contribution in [0.25, 0.3) is 0 Å². The van der Waals surface area contributed by atoms with Crippen molar-refractivity contribution >= 4 is 17.6 Å². The third kappa shape index (κ3) is 4.19. The summed E-state index contributed by atoms with van der Waals surface area (Å²) in [6.07, 6.45) is -8.84. The molecule has 1 aromatic heterocycles. The molecule has 0 unspecified atom stereocenters. The van der Waals surface area contributed by atoms with Gasteiger partial charge in [-0.1, -0.05) is 0 Å². The van der Waals surface area contributed by atoms with E-state index < -0.39 is 47.9 Å². The van der Waals surface area contributed by atoms with Crippen LogP contribution in [0.2, 0.25) is 0 Å². The zero-order valence-corrected chi connectivity index (χ0v) is 10.3. The van der Waals surface area contributed by atoms with Crippen LogP contribution in [-0.2, 0) is 17.1 Å². The van der Waals surface area contributed by atoms with Gasteiger partial charge in [-0.25, -0.2) is 8.78 Å². The van der Waals surface area contributed by atoms with E-state index in [1.807, 2.05) is 0 Å². The number of rotatable bonds is 5. The Balaban J connectivity index is 3.37. The number of carbonyl (C=O) groups is 1. The molecule has 1 aromatic rings. The second-order valence-corrected chi connectivity index (χ2v) is 3.78. The van der Waals surface area contributed by atoms with E-state index in [0.29, 0.717) is 6.20 Å². The number of carboxylic acids is 1. The SMILES string of the molecule is O=C(O)Cc1ncc(OC(F)(F)F)c(C(F)F)c1CCl. The summed E-state index contributed by atoms with van der Waals surface area (Å²) in [7, 11) is 0. The van der Waals surface area contributed by atoms with Crippen LogP contribution in [0.4, 0.5) is 22.0 Å². The van der Waals surface area contributed by atoms with Crippen molar-refractivity contribution < 1.29 is 36.6 Å². The van der Waals surface area contributed by atoms with Gasteiger partial charge in [0.2, 0.25) is 0 Å².